The second-order valence-corrected chi connectivity index (χ2v) is 7.81. The zero-order valence-corrected chi connectivity index (χ0v) is 17.6. The number of hydrogen-bond donors (Lipinski definition) is 1. The van der Waals surface area contributed by atoms with Crippen molar-refractivity contribution in [1.82, 2.24) is 15.0 Å². The second kappa shape index (κ2) is 7.59. The molecule has 0 radical (unpaired) electrons. The molecule has 0 fully saturated rings. The number of anilines is 2. The SMILES string of the molecule is CN(C)c1ccc(-n2nc3ccc(NC(=O)c4ccc(I)cc4)cc3n2)cc1. The van der Waals surface area contributed by atoms with Crippen LogP contribution in [0, 0.1) is 3.57 Å². The highest BCUT2D eigenvalue weighted by atomic mass is 127. The highest BCUT2D eigenvalue weighted by Gasteiger charge is 2.09. The lowest BCUT2D eigenvalue weighted by atomic mass is 10.2. The molecule has 0 unspecified atom stereocenters. The van der Waals surface area contributed by atoms with Crippen molar-refractivity contribution in [1.29, 1.82) is 0 Å². The van der Waals surface area contributed by atoms with Gasteiger partial charge in [0.05, 0.1) is 5.69 Å². The van der Waals surface area contributed by atoms with E-state index in [1.165, 1.54) is 0 Å². The molecule has 0 aliphatic carbocycles. The van der Waals surface area contributed by atoms with Crippen LogP contribution in [0.4, 0.5) is 11.4 Å². The Morgan fingerprint density at radius 1 is 0.929 bits per heavy atom. The molecule has 0 saturated heterocycles. The van der Waals surface area contributed by atoms with Gasteiger partial charge in [0, 0.05) is 34.6 Å². The van der Waals surface area contributed by atoms with Crippen molar-refractivity contribution in [3.63, 3.8) is 0 Å². The molecule has 0 aliphatic heterocycles. The molecule has 0 atom stereocenters. The van der Waals surface area contributed by atoms with E-state index in [0.29, 0.717) is 11.3 Å². The van der Waals surface area contributed by atoms with E-state index in [2.05, 4.69) is 38.1 Å². The Morgan fingerprint density at radius 3 is 2.29 bits per heavy atom. The molecule has 1 aromatic heterocycles. The Morgan fingerprint density at radius 2 is 1.61 bits per heavy atom. The zero-order chi connectivity index (χ0) is 19.7. The van der Waals surface area contributed by atoms with E-state index in [-0.39, 0.29) is 5.91 Å². The van der Waals surface area contributed by atoms with Gasteiger partial charge in [0.25, 0.3) is 5.91 Å². The molecule has 140 valence electrons. The van der Waals surface area contributed by atoms with Gasteiger partial charge in [0.15, 0.2) is 0 Å². The average molecular weight is 483 g/mol. The Kier molecular flexibility index (Phi) is 4.99. The maximum atomic E-state index is 12.4. The van der Waals surface area contributed by atoms with Crippen LogP contribution in [0.25, 0.3) is 16.7 Å². The van der Waals surface area contributed by atoms with Gasteiger partial charge in [-0.1, -0.05) is 0 Å². The average Bonchev–Trinajstić information content (AvgIpc) is 3.12. The van der Waals surface area contributed by atoms with Crippen LogP contribution in [0.3, 0.4) is 0 Å². The summed E-state index contributed by atoms with van der Waals surface area (Å²) in [6.45, 7) is 0. The highest BCUT2D eigenvalue weighted by Crippen LogP contribution is 2.20. The van der Waals surface area contributed by atoms with Gasteiger partial charge in [-0.3, -0.25) is 4.79 Å². The van der Waals surface area contributed by atoms with Gasteiger partial charge < -0.3 is 10.2 Å². The van der Waals surface area contributed by atoms with E-state index < -0.39 is 0 Å². The van der Waals surface area contributed by atoms with Crippen molar-refractivity contribution in [2.45, 2.75) is 0 Å². The molecule has 1 amide bonds. The summed E-state index contributed by atoms with van der Waals surface area (Å²) in [6, 6.07) is 21.0. The molecule has 4 rings (SSSR count). The largest absolute Gasteiger partial charge is 0.378 e. The third kappa shape index (κ3) is 3.84. The quantitative estimate of drug-likeness (QED) is 0.439. The molecule has 1 heterocycles. The Balaban J connectivity index is 1.57. The number of fused-ring (bicyclic) bond motifs is 1. The summed E-state index contributed by atoms with van der Waals surface area (Å²) in [5.74, 6) is -0.151. The van der Waals surface area contributed by atoms with E-state index in [4.69, 9.17) is 0 Å². The summed E-state index contributed by atoms with van der Waals surface area (Å²) in [4.78, 5) is 16.1. The number of nitrogens with one attached hydrogen (secondary N) is 1. The van der Waals surface area contributed by atoms with E-state index in [1.54, 1.807) is 4.80 Å². The summed E-state index contributed by atoms with van der Waals surface area (Å²) in [7, 11) is 4.00. The first-order chi connectivity index (χ1) is 13.5. The lowest BCUT2D eigenvalue weighted by molar-refractivity contribution is 0.102. The minimum absolute atomic E-state index is 0.151. The molecule has 0 saturated carbocycles. The van der Waals surface area contributed by atoms with Crippen molar-refractivity contribution < 1.29 is 4.79 Å². The number of aromatic nitrogens is 3. The van der Waals surface area contributed by atoms with Crippen molar-refractivity contribution in [3.8, 4) is 5.69 Å². The minimum atomic E-state index is -0.151. The number of hydrogen-bond acceptors (Lipinski definition) is 4. The van der Waals surface area contributed by atoms with Crippen LogP contribution in [0.15, 0.2) is 66.7 Å². The van der Waals surface area contributed by atoms with E-state index in [1.807, 2.05) is 85.7 Å². The normalized spacial score (nSPS) is 10.8. The topological polar surface area (TPSA) is 63.1 Å². The molecule has 0 spiro atoms. The molecule has 3 aromatic carbocycles. The number of nitrogens with zero attached hydrogens (tertiary/aromatic N) is 4. The van der Waals surface area contributed by atoms with Crippen molar-refractivity contribution in [3.05, 3.63) is 75.9 Å². The second-order valence-electron chi connectivity index (χ2n) is 6.56. The number of halogens is 1. The molecular formula is C21H18IN5O. The van der Waals surface area contributed by atoms with E-state index in [9.17, 15) is 4.79 Å². The van der Waals surface area contributed by atoms with Gasteiger partial charge >= 0.3 is 0 Å². The summed E-state index contributed by atoms with van der Waals surface area (Å²) < 4.78 is 1.09. The number of carbonyl (C=O) groups excluding carboxylic acids is 1. The first-order valence-corrected chi connectivity index (χ1v) is 9.79. The highest BCUT2D eigenvalue weighted by molar-refractivity contribution is 14.1. The van der Waals surface area contributed by atoms with E-state index >= 15 is 0 Å². The van der Waals surface area contributed by atoms with Crippen LogP contribution in [-0.4, -0.2) is 35.0 Å². The zero-order valence-electron chi connectivity index (χ0n) is 15.4. The fourth-order valence-corrected chi connectivity index (χ4v) is 3.16. The van der Waals surface area contributed by atoms with Crippen LogP contribution < -0.4 is 10.2 Å². The smallest absolute Gasteiger partial charge is 0.255 e. The predicted molar refractivity (Wildman–Crippen MR) is 120 cm³/mol. The van der Waals surface area contributed by atoms with Crippen molar-refractivity contribution >= 4 is 50.9 Å². The standard InChI is InChI=1S/C21H18IN5O/c1-26(2)17-8-10-18(11-9-17)27-24-19-12-7-16(13-20(19)25-27)23-21(28)14-3-5-15(22)6-4-14/h3-13H,1-2H3,(H,23,28). The summed E-state index contributed by atoms with van der Waals surface area (Å²) in [5, 5.41) is 12.0. The summed E-state index contributed by atoms with van der Waals surface area (Å²) in [6.07, 6.45) is 0. The maximum absolute atomic E-state index is 12.4. The number of benzene rings is 3. The summed E-state index contributed by atoms with van der Waals surface area (Å²) in [5.41, 5.74) is 4.78. The molecule has 1 N–H and O–H groups in total. The lowest BCUT2D eigenvalue weighted by Gasteiger charge is -2.12. The van der Waals surface area contributed by atoms with Crippen LogP contribution >= 0.6 is 22.6 Å². The monoisotopic (exact) mass is 483 g/mol. The first-order valence-electron chi connectivity index (χ1n) is 8.71. The fraction of sp³-hybridized carbons (Fsp3) is 0.0952. The van der Waals surface area contributed by atoms with Crippen LogP contribution in [0.2, 0.25) is 0 Å². The van der Waals surface area contributed by atoms with E-state index in [0.717, 1.165) is 26.0 Å². The number of carbonyl (C=O) groups is 1. The van der Waals surface area contributed by atoms with Crippen molar-refractivity contribution in [2.75, 3.05) is 24.3 Å². The van der Waals surface area contributed by atoms with Crippen LogP contribution in [-0.2, 0) is 0 Å². The summed E-state index contributed by atoms with van der Waals surface area (Å²) >= 11 is 2.21. The predicted octanol–water partition coefficient (Wildman–Crippen LogP) is 4.34. The molecule has 0 aliphatic rings. The maximum Gasteiger partial charge on any atom is 0.255 e. The Hall–Kier alpha value is -2.94. The van der Waals surface area contributed by atoms with Crippen molar-refractivity contribution in [2.24, 2.45) is 0 Å². The molecule has 7 heteroatoms. The molecule has 4 aromatic rings. The third-order valence-corrected chi connectivity index (χ3v) is 5.06. The molecule has 28 heavy (non-hydrogen) atoms. The Bertz CT molecular complexity index is 1130. The molecule has 0 bridgehead atoms. The lowest BCUT2D eigenvalue weighted by Crippen LogP contribution is -2.11. The van der Waals surface area contributed by atoms with Gasteiger partial charge in [-0.15, -0.1) is 10.2 Å². The van der Waals surface area contributed by atoms with Gasteiger partial charge in [-0.2, -0.15) is 4.80 Å². The molecule has 6 nitrogen and oxygen atoms in total. The van der Waals surface area contributed by atoms with Gasteiger partial charge in [0.1, 0.15) is 11.0 Å². The minimum Gasteiger partial charge on any atom is -0.378 e. The van der Waals surface area contributed by atoms with Crippen LogP contribution in [0.1, 0.15) is 10.4 Å². The number of rotatable bonds is 4. The number of amides is 1. The Labute approximate surface area is 176 Å². The van der Waals surface area contributed by atoms with Gasteiger partial charge in [-0.05, 0) is 89.3 Å². The fourth-order valence-electron chi connectivity index (χ4n) is 2.80. The molecular weight excluding hydrogens is 465 g/mol. The first kappa shape index (κ1) is 18.4. The van der Waals surface area contributed by atoms with Gasteiger partial charge in [-0.25, -0.2) is 0 Å². The third-order valence-electron chi connectivity index (χ3n) is 4.34. The van der Waals surface area contributed by atoms with Gasteiger partial charge in [0.2, 0.25) is 0 Å². The van der Waals surface area contributed by atoms with Crippen LogP contribution in [0.5, 0.6) is 0 Å².